The highest BCUT2D eigenvalue weighted by Crippen LogP contribution is 2.12. The van der Waals surface area contributed by atoms with Gasteiger partial charge in [-0.1, -0.05) is 12.1 Å². The molecule has 6 nitrogen and oxygen atoms in total. The number of carbonyl (C=O) groups is 2. The molecule has 23 heavy (non-hydrogen) atoms. The van der Waals surface area contributed by atoms with Gasteiger partial charge in [-0.25, -0.2) is 4.79 Å². The summed E-state index contributed by atoms with van der Waals surface area (Å²) in [6, 6.07) is 6.70. The third kappa shape index (κ3) is 9.22. The van der Waals surface area contributed by atoms with Crippen molar-refractivity contribution in [3.63, 3.8) is 0 Å². The quantitative estimate of drug-likeness (QED) is 0.659. The highest BCUT2D eigenvalue weighted by atomic mass is 19.4. The Kier molecular flexibility index (Phi) is 7.17. The molecular formula is C14H18F3N3O3. The van der Waals surface area contributed by atoms with Crippen LogP contribution in [0.2, 0.25) is 0 Å². The van der Waals surface area contributed by atoms with Crippen molar-refractivity contribution < 1.29 is 27.5 Å². The van der Waals surface area contributed by atoms with Crippen LogP contribution in [0, 0.1) is 6.92 Å². The third-order valence-electron chi connectivity index (χ3n) is 2.54. The number of amides is 3. The van der Waals surface area contributed by atoms with Gasteiger partial charge in [-0.3, -0.25) is 4.79 Å². The molecule has 0 radical (unpaired) electrons. The van der Waals surface area contributed by atoms with Crippen LogP contribution in [-0.4, -0.2) is 44.4 Å². The molecule has 0 unspecified atom stereocenters. The smallest absolute Gasteiger partial charge is 0.405 e. The molecule has 0 aliphatic heterocycles. The van der Waals surface area contributed by atoms with Crippen LogP contribution in [0.1, 0.15) is 5.56 Å². The van der Waals surface area contributed by atoms with Crippen molar-refractivity contribution in [3.8, 4) is 5.75 Å². The minimum atomic E-state index is -4.48. The van der Waals surface area contributed by atoms with Gasteiger partial charge in [-0.05, 0) is 24.6 Å². The number of aryl methyl sites for hydroxylation is 1. The van der Waals surface area contributed by atoms with Gasteiger partial charge in [0.15, 0.2) is 0 Å². The molecule has 0 aliphatic carbocycles. The number of halogens is 3. The Labute approximate surface area is 131 Å². The van der Waals surface area contributed by atoms with E-state index in [4.69, 9.17) is 4.74 Å². The van der Waals surface area contributed by atoms with Crippen LogP contribution < -0.4 is 20.7 Å². The molecule has 0 heterocycles. The average Bonchev–Trinajstić information content (AvgIpc) is 2.47. The molecule has 0 bridgehead atoms. The average molecular weight is 333 g/mol. The van der Waals surface area contributed by atoms with Crippen LogP contribution in [0.4, 0.5) is 18.0 Å². The molecular weight excluding hydrogens is 315 g/mol. The molecule has 0 aromatic heterocycles. The van der Waals surface area contributed by atoms with E-state index >= 15 is 0 Å². The molecule has 3 amide bonds. The Balaban J connectivity index is 2.11. The van der Waals surface area contributed by atoms with Gasteiger partial charge < -0.3 is 20.7 Å². The first-order valence-electron chi connectivity index (χ1n) is 6.81. The molecule has 0 spiro atoms. The minimum absolute atomic E-state index is 0.184. The number of urea groups is 1. The van der Waals surface area contributed by atoms with Crippen molar-refractivity contribution in [1.82, 2.24) is 16.0 Å². The summed E-state index contributed by atoms with van der Waals surface area (Å²) in [5, 5.41) is 6.20. The van der Waals surface area contributed by atoms with Gasteiger partial charge in [0.05, 0.1) is 13.1 Å². The molecule has 128 valence electrons. The predicted octanol–water partition coefficient (Wildman–Crippen LogP) is 1.35. The van der Waals surface area contributed by atoms with Crippen LogP contribution >= 0.6 is 0 Å². The Bertz CT molecular complexity index is 535. The van der Waals surface area contributed by atoms with Crippen LogP contribution in [0.3, 0.4) is 0 Å². The van der Waals surface area contributed by atoms with Gasteiger partial charge in [0.1, 0.15) is 18.9 Å². The first kappa shape index (κ1) is 18.6. The van der Waals surface area contributed by atoms with E-state index in [9.17, 15) is 22.8 Å². The fraction of sp³-hybridized carbons (Fsp3) is 0.429. The Hall–Kier alpha value is -2.45. The Morgan fingerprint density at radius 2 is 1.91 bits per heavy atom. The monoisotopic (exact) mass is 333 g/mol. The number of hydrogen-bond acceptors (Lipinski definition) is 3. The first-order valence-corrected chi connectivity index (χ1v) is 6.81. The fourth-order valence-corrected chi connectivity index (χ4v) is 1.52. The van der Waals surface area contributed by atoms with Gasteiger partial charge in [-0.2, -0.15) is 13.2 Å². The molecule has 0 fully saturated rings. The molecule has 9 heteroatoms. The topological polar surface area (TPSA) is 79.5 Å². The number of ether oxygens (including phenoxy) is 1. The van der Waals surface area contributed by atoms with E-state index in [0.29, 0.717) is 5.75 Å². The zero-order valence-electron chi connectivity index (χ0n) is 12.5. The van der Waals surface area contributed by atoms with Gasteiger partial charge in [0.2, 0.25) is 5.91 Å². The summed E-state index contributed by atoms with van der Waals surface area (Å²) in [5.74, 6) is -0.257. The highest BCUT2D eigenvalue weighted by molar-refractivity contribution is 5.83. The lowest BCUT2D eigenvalue weighted by Gasteiger charge is -2.10. The van der Waals surface area contributed by atoms with Gasteiger partial charge in [0, 0.05) is 0 Å². The zero-order valence-corrected chi connectivity index (χ0v) is 12.5. The standard InChI is InChI=1S/C14H18F3N3O3/c1-10-3-2-4-11(7-10)23-6-5-18-13(22)19-8-12(21)20-9-14(15,16)17/h2-4,7H,5-6,8-9H2,1H3,(H,20,21)(H2,18,19,22). The molecule has 3 N–H and O–H groups in total. The summed E-state index contributed by atoms with van der Waals surface area (Å²) in [6.07, 6.45) is -4.48. The summed E-state index contributed by atoms with van der Waals surface area (Å²) in [5.41, 5.74) is 1.04. The normalized spacial score (nSPS) is 10.8. The van der Waals surface area contributed by atoms with Crippen molar-refractivity contribution in [3.05, 3.63) is 29.8 Å². The maximum Gasteiger partial charge on any atom is 0.405 e. The highest BCUT2D eigenvalue weighted by Gasteiger charge is 2.27. The summed E-state index contributed by atoms with van der Waals surface area (Å²) in [7, 11) is 0. The summed E-state index contributed by atoms with van der Waals surface area (Å²) < 4.78 is 41.0. The van der Waals surface area contributed by atoms with Gasteiger partial charge >= 0.3 is 12.2 Å². The number of benzene rings is 1. The first-order chi connectivity index (χ1) is 10.8. The van der Waals surface area contributed by atoms with Crippen LogP contribution in [0.15, 0.2) is 24.3 Å². The van der Waals surface area contributed by atoms with E-state index < -0.39 is 31.2 Å². The molecule has 0 aliphatic rings. The van der Waals surface area contributed by atoms with Crippen molar-refractivity contribution in [2.45, 2.75) is 13.1 Å². The van der Waals surface area contributed by atoms with Gasteiger partial charge in [-0.15, -0.1) is 0 Å². The van der Waals surface area contributed by atoms with Crippen LogP contribution in [0.25, 0.3) is 0 Å². The van der Waals surface area contributed by atoms with Crippen molar-refractivity contribution >= 4 is 11.9 Å². The Morgan fingerprint density at radius 1 is 1.17 bits per heavy atom. The Morgan fingerprint density at radius 3 is 2.57 bits per heavy atom. The van der Waals surface area contributed by atoms with Gasteiger partial charge in [0.25, 0.3) is 0 Å². The second-order valence-corrected chi connectivity index (χ2v) is 4.67. The summed E-state index contributed by atoms with van der Waals surface area (Å²) in [6.45, 7) is 0.351. The van der Waals surface area contributed by atoms with Crippen molar-refractivity contribution in [2.24, 2.45) is 0 Å². The predicted molar refractivity (Wildman–Crippen MR) is 77.1 cm³/mol. The summed E-state index contributed by atoms with van der Waals surface area (Å²) >= 11 is 0. The third-order valence-corrected chi connectivity index (χ3v) is 2.54. The SMILES string of the molecule is Cc1cccc(OCCNC(=O)NCC(=O)NCC(F)(F)F)c1. The molecule has 1 aromatic rings. The maximum atomic E-state index is 11.9. The van der Waals surface area contributed by atoms with Crippen molar-refractivity contribution in [1.29, 1.82) is 0 Å². The molecule has 1 aromatic carbocycles. The van der Waals surface area contributed by atoms with E-state index in [1.807, 2.05) is 25.1 Å². The molecule has 0 saturated heterocycles. The molecule has 0 saturated carbocycles. The van der Waals surface area contributed by atoms with E-state index in [0.717, 1.165) is 5.56 Å². The summed E-state index contributed by atoms with van der Waals surface area (Å²) in [4.78, 5) is 22.4. The van der Waals surface area contributed by atoms with E-state index in [1.165, 1.54) is 0 Å². The number of hydrogen-bond donors (Lipinski definition) is 3. The largest absolute Gasteiger partial charge is 0.492 e. The number of rotatable bonds is 7. The lowest BCUT2D eigenvalue weighted by Crippen LogP contribution is -2.44. The van der Waals surface area contributed by atoms with E-state index in [2.05, 4.69) is 10.6 Å². The molecule has 0 atom stereocenters. The van der Waals surface area contributed by atoms with Crippen LogP contribution in [-0.2, 0) is 4.79 Å². The number of carbonyl (C=O) groups excluding carboxylic acids is 2. The lowest BCUT2D eigenvalue weighted by atomic mass is 10.2. The zero-order chi connectivity index (χ0) is 17.3. The fourth-order valence-electron chi connectivity index (χ4n) is 1.52. The molecule has 1 rings (SSSR count). The number of nitrogens with one attached hydrogen (secondary N) is 3. The van der Waals surface area contributed by atoms with E-state index in [-0.39, 0.29) is 13.2 Å². The van der Waals surface area contributed by atoms with Crippen LogP contribution in [0.5, 0.6) is 5.75 Å². The van der Waals surface area contributed by atoms with E-state index in [1.54, 1.807) is 11.4 Å². The second kappa shape index (κ2) is 8.86. The van der Waals surface area contributed by atoms with Crippen molar-refractivity contribution in [2.75, 3.05) is 26.2 Å². The lowest BCUT2D eigenvalue weighted by molar-refractivity contribution is -0.137. The number of alkyl halides is 3. The second-order valence-electron chi connectivity index (χ2n) is 4.67. The minimum Gasteiger partial charge on any atom is -0.492 e. The maximum absolute atomic E-state index is 11.9.